The van der Waals surface area contributed by atoms with Gasteiger partial charge in [-0.3, -0.25) is 0 Å². The molecule has 114 valence electrons. The molecule has 1 aliphatic carbocycles. The van der Waals surface area contributed by atoms with Crippen LogP contribution in [-0.2, 0) is 21.8 Å². The summed E-state index contributed by atoms with van der Waals surface area (Å²) in [6.07, 6.45) is 8.07. The Balaban J connectivity index is 0.000000344. The van der Waals surface area contributed by atoms with E-state index in [2.05, 4.69) is 0 Å². The summed E-state index contributed by atoms with van der Waals surface area (Å²) in [5.41, 5.74) is 1.16. The van der Waals surface area contributed by atoms with E-state index in [1.54, 1.807) is 19.1 Å². The molecule has 3 rings (SSSR count). The van der Waals surface area contributed by atoms with Gasteiger partial charge in [-0.05, 0) is 22.6 Å². The Morgan fingerprint density at radius 3 is 2.09 bits per heavy atom. The fourth-order valence-electron chi connectivity index (χ4n) is 1.90. The predicted octanol–water partition coefficient (Wildman–Crippen LogP) is 1.83. The Hall–Kier alpha value is -2.09. The van der Waals surface area contributed by atoms with Crippen molar-refractivity contribution in [3.63, 3.8) is 0 Å². The van der Waals surface area contributed by atoms with Gasteiger partial charge < -0.3 is 9.84 Å². The third-order valence-corrected chi connectivity index (χ3v) is 2.95. The molecular formula is C19H18FeO2. The van der Waals surface area contributed by atoms with E-state index in [0.717, 1.165) is 10.8 Å². The van der Waals surface area contributed by atoms with E-state index in [0.29, 0.717) is 11.8 Å². The second-order valence-electron chi connectivity index (χ2n) is 4.43. The van der Waals surface area contributed by atoms with Gasteiger partial charge in [-0.1, -0.05) is 55.5 Å². The van der Waals surface area contributed by atoms with Gasteiger partial charge in [0, 0.05) is 0 Å². The van der Waals surface area contributed by atoms with Crippen molar-refractivity contribution in [1.29, 1.82) is 0 Å². The van der Waals surface area contributed by atoms with E-state index < -0.39 is 0 Å². The summed E-state index contributed by atoms with van der Waals surface area (Å²) < 4.78 is 4.92. The summed E-state index contributed by atoms with van der Waals surface area (Å²) in [7, 11) is 0. The number of rotatable bonds is 2. The second kappa shape index (κ2) is 9.77. The van der Waals surface area contributed by atoms with Crippen LogP contribution >= 0.6 is 0 Å². The smallest absolute Gasteiger partial charge is 0.613 e. The topological polar surface area (TPSA) is 32.3 Å². The predicted molar refractivity (Wildman–Crippen MR) is 84.4 cm³/mol. The molecule has 0 unspecified atom stereocenters. The van der Waals surface area contributed by atoms with Gasteiger partial charge in [-0.2, -0.15) is 18.2 Å². The molecule has 1 aliphatic rings. The maximum atomic E-state index is 11.4. The van der Waals surface area contributed by atoms with Crippen LogP contribution in [0.4, 0.5) is 0 Å². The van der Waals surface area contributed by atoms with Gasteiger partial charge in [0.15, 0.2) is 0 Å². The molecule has 3 heteroatoms. The monoisotopic (exact) mass is 334 g/mol. The van der Waals surface area contributed by atoms with Crippen LogP contribution < -0.4 is 15.5 Å². The number of hydrogen-bond donors (Lipinski definition) is 0. The van der Waals surface area contributed by atoms with Crippen molar-refractivity contribution in [3.8, 4) is 0 Å². The molecular weight excluding hydrogens is 316 g/mol. The minimum Gasteiger partial charge on any atom is -0.613 e. The summed E-state index contributed by atoms with van der Waals surface area (Å²) in [4.78, 5) is 0. The van der Waals surface area contributed by atoms with Crippen molar-refractivity contribution in [2.45, 2.75) is 6.92 Å². The van der Waals surface area contributed by atoms with Crippen molar-refractivity contribution < 1.29 is 26.9 Å². The zero-order valence-electron chi connectivity index (χ0n) is 12.4. The van der Waals surface area contributed by atoms with Gasteiger partial charge in [-0.15, -0.1) is 0 Å². The maximum Gasteiger partial charge on any atom is 2.00 e. The zero-order valence-corrected chi connectivity index (χ0v) is 13.5. The van der Waals surface area contributed by atoms with Gasteiger partial charge in [0.1, 0.15) is 0 Å². The van der Waals surface area contributed by atoms with E-state index in [1.165, 1.54) is 0 Å². The van der Waals surface area contributed by atoms with Gasteiger partial charge in [-0.25, -0.2) is 12.1 Å². The van der Waals surface area contributed by atoms with Crippen molar-refractivity contribution in [2.24, 2.45) is 0 Å². The van der Waals surface area contributed by atoms with Crippen molar-refractivity contribution >= 4 is 11.5 Å². The molecule has 2 aromatic carbocycles. The Kier molecular flexibility index (Phi) is 7.98. The molecule has 0 aliphatic heterocycles. The summed E-state index contributed by atoms with van der Waals surface area (Å²) >= 11 is 0. The van der Waals surface area contributed by atoms with E-state index >= 15 is 0 Å². The first-order chi connectivity index (χ1) is 10.3. The normalized spacial score (nSPS) is 11.4. The van der Waals surface area contributed by atoms with Crippen LogP contribution in [0.15, 0.2) is 78.9 Å². The molecule has 0 saturated heterocycles. The molecule has 0 heterocycles. The van der Waals surface area contributed by atoms with E-state index in [-0.39, 0.29) is 23.0 Å². The Labute approximate surface area is 141 Å². The molecule has 0 N–H and O–H groups in total. The van der Waals surface area contributed by atoms with Gasteiger partial charge >= 0.3 is 17.1 Å². The SMILES string of the molecule is CCOC([O-])=c1ccc(=C2C=CC=C2)cc1.[Fe+2].c1cc[cH-]c1. The number of ether oxygens (including phenoxy) is 1. The summed E-state index contributed by atoms with van der Waals surface area (Å²) in [5.74, 6) is -0.267. The van der Waals surface area contributed by atoms with Gasteiger partial charge in [0.25, 0.3) is 0 Å². The van der Waals surface area contributed by atoms with Crippen molar-refractivity contribution in [3.05, 3.63) is 89.3 Å². The first-order valence-electron chi connectivity index (χ1n) is 6.97. The molecule has 0 amide bonds. The third-order valence-electron chi connectivity index (χ3n) is 2.95. The average Bonchev–Trinajstić information content (AvgIpc) is 3.23. The van der Waals surface area contributed by atoms with Crippen LogP contribution in [0, 0.1) is 0 Å². The Morgan fingerprint density at radius 2 is 1.64 bits per heavy atom. The molecule has 0 spiro atoms. The number of hydrogen-bond acceptors (Lipinski definition) is 2. The molecule has 22 heavy (non-hydrogen) atoms. The fourth-order valence-corrected chi connectivity index (χ4v) is 1.90. The largest absolute Gasteiger partial charge is 2.00 e. The van der Waals surface area contributed by atoms with Crippen LogP contribution in [0.5, 0.6) is 0 Å². The first kappa shape index (κ1) is 18.0. The van der Waals surface area contributed by atoms with Crippen molar-refractivity contribution in [2.75, 3.05) is 6.61 Å². The average molecular weight is 334 g/mol. The van der Waals surface area contributed by atoms with Gasteiger partial charge in [0.05, 0.1) is 5.95 Å². The minimum atomic E-state index is -0.267. The molecule has 0 atom stereocenters. The third kappa shape index (κ3) is 5.36. The standard InChI is InChI=1S/C14H14O2.C5H5.Fe/c1-2-16-14(15)13-9-7-12(8-10-13)11-5-3-4-6-11;1-2-4-5-3-1;/h3-10,15H,2H2,1H3;1-5H;/q;-1;+2/p-1. The van der Waals surface area contributed by atoms with Crippen LogP contribution in [0.2, 0.25) is 0 Å². The Bertz CT molecular complexity index is 671. The molecule has 0 aromatic heterocycles. The fraction of sp³-hybridized carbons (Fsp3) is 0.105. The number of allylic oxidation sites excluding steroid dienone is 4. The minimum absolute atomic E-state index is 0. The summed E-state index contributed by atoms with van der Waals surface area (Å²) in [5, 5.41) is 13.1. The molecule has 2 nitrogen and oxygen atoms in total. The van der Waals surface area contributed by atoms with E-state index in [9.17, 15) is 5.11 Å². The molecule has 0 fully saturated rings. The molecule has 0 radical (unpaired) electrons. The summed E-state index contributed by atoms with van der Waals surface area (Å²) in [6, 6.07) is 17.4. The molecule has 0 bridgehead atoms. The van der Waals surface area contributed by atoms with E-state index in [4.69, 9.17) is 4.74 Å². The van der Waals surface area contributed by atoms with E-state index in [1.807, 2.05) is 66.8 Å². The van der Waals surface area contributed by atoms with Crippen molar-refractivity contribution in [1.82, 2.24) is 0 Å². The van der Waals surface area contributed by atoms with Crippen LogP contribution in [0.3, 0.4) is 0 Å². The van der Waals surface area contributed by atoms with Gasteiger partial charge in [0.2, 0.25) is 0 Å². The Morgan fingerprint density at radius 1 is 1.05 bits per heavy atom. The van der Waals surface area contributed by atoms with Crippen LogP contribution in [0.1, 0.15) is 6.92 Å². The number of benzene rings is 1. The second-order valence-corrected chi connectivity index (χ2v) is 4.43. The first-order valence-corrected chi connectivity index (χ1v) is 6.97. The maximum absolute atomic E-state index is 11.4. The van der Waals surface area contributed by atoms with Crippen LogP contribution in [0.25, 0.3) is 11.5 Å². The summed E-state index contributed by atoms with van der Waals surface area (Å²) in [6.45, 7) is 2.21. The molecule has 0 saturated carbocycles. The van der Waals surface area contributed by atoms with Crippen LogP contribution in [-0.4, -0.2) is 6.61 Å². The molecule has 2 aromatic rings. The quantitative estimate of drug-likeness (QED) is 0.620. The zero-order chi connectivity index (χ0) is 14.9.